The Morgan fingerprint density at radius 2 is 1.87 bits per heavy atom. The lowest BCUT2D eigenvalue weighted by atomic mass is 10.1. The van der Waals surface area contributed by atoms with E-state index < -0.39 is 0 Å². The molecule has 2 amide bonds. The van der Waals surface area contributed by atoms with Gasteiger partial charge >= 0.3 is 6.03 Å². The molecule has 2 atom stereocenters. The lowest BCUT2D eigenvalue weighted by molar-refractivity contribution is 0.240. The molecule has 23 heavy (non-hydrogen) atoms. The molecular weight excluding hydrogens is 304 g/mol. The normalized spacial score (nSPS) is 19.5. The zero-order valence-electron chi connectivity index (χ0n) is 12.7. The van der Waals surface area contributed by atoms with Crippen molar-refractivity contribution in [1.29, 1.82) is 0 Å². The number of urea groups is 1. The van der Waals surface area contributed by atoms with Crippen molar-refractivity contribution in [2.24, 2.45) is 0 Å². The molecule has 0 aliphatic heterocycles. The van der Waals surface area contributed by atoms with Crippen LogP contribution in [0, 0.1) is 0 Å². The molecule has 1 saturated carbocycles. The van der Waals surface area contributed by atoms with E-state index in [4.69, 9.17) is 0 Å². The van der Waals surface area contributed by atoms with Crippen LogP contribution in [0.4, 0.5) is 4.79 Å². The van der Waals surface area contributed by atoms with Gasteiger partial charge in [-0.25, -0.2) is 4.79 Å². The number of hydrogen-bond acceptors (Lipinski definition) is 2. The van der Waals surface area contributed by atoms with E-state index in [-0.39, 0.29) is 12.1 Å². The summed E-state index contributed by atoms with van der Waals surface area (Å²) >= 11 is 1.72. The number of amides is 2. The third-order valence-corrected chi connectivity index (χ3v) is 5.35. The van der Waals surface area contributed by atoms with Crippen LogP contribution >= 0.6 is 11.3 Å². The number of thiophene rings is 1. The highest BCUT2D eigenvalue weighted by Gasteiger charge is 2.39. The Kier molecular flexibility index (Phi) is 3.75. The number of carbonyl (C=O) groups excluding carboxylic acids is 1. The Hall–Kier alpha value is -2.33. The van der Waals surface area contributed by atoms with Crippen LogP contribution in [0.2, 0.25) is 0 Å². The molecule has 2 aromatic carbocycles. The summed E-state index contributed by atoms with van der Waals surface area (Å²) in [7, 11) is 0. The predicted octanol–water partition coefficient (Wildman–Crippen LogP) is 4.26. The number of hydrogen-bond donors (Lipinski definition) is 2. The van der Waals surface area contributed by atoms with Crippen LogP contribution in [0.15, 0.2) is 60.0 Å². The average molecular weight is 322 g/mol. The Balaban J connectivity index is 1.31. The zero-order chi connectivity index (χ0) is 15.6. The van der Waals surface area contributed by atoms with E-state index in [0.717, 1.165) is 6.42 Å². The average Bonchev–Trinajstić information content (AvgIpc) is 3.23. The molecule has 1 aliphatic carbocycles. The summed E-state index contributed by atoms with van der Waals surface area (Å²) in [5.41, 5.74) is 2.48. The SMILES string of the molecule is O=C(NCc1csc2ccccc12)N[C@H]1C[C@H]1c1ccccc1. The number of carbonyl (C=O) groups is 1. The third-order valence-electron chi connectivity index (χ3n) is 4.34. The summed E-state index contributed by atoms with van der Waals surface area (Å²) in [6.07, 6.45) is 1.03. The van der Waals surface area contributed by atoms with Crippen molar-refractivity contribution < 1.29 is 4.79 Å². The van der Waals surface area contributed by atoms with Gasteiger partial charge in [-0.05, 0) is 34.4 Å². The van der Waals surface area contributed by atoms with Gasteiger partial charge in [0.05, 0.1) is 0 Å². The predicted molar refractivity (Wildman–Crippen MR) is 94.8 cm³/mol. The molecule has 0 spiro atoms. The Bertz CT molecular complexity index is 828. The summed E-state index contributed by atoms with van der Waals surface area (Å²) in [6.45, 7) is 0.568. The van der Waals surface area contributed by atoms with Crippen LogP contribution in [-0.4, -0.2) is 12.1 Å². The van der Waals surface area contributed by atoms with Crippen molar-refractivity contribution >= 4 is 27.5 Å². The first-order chi connectivity index (χ1) is 11.3. The van der Waals surface area contributed by atoms with Crippen molar-refractivity contribution in [3.8, 4) is 0 Å². The summed E-state index contributed by atoms with van der Waals surface area (Å²) in [5.74, 6) is 0.462. The van der Waals surface area contributed by atoms with E-state index in [9.17, 15) is 4.79 Å². The van der Waals surface area contributed by atoms with E-state index in [1.807, 2.05) is 30.3 Å². The Labute approximate surface area is 139 Å². The summed E-state index contributed by atoms with van der Waals surface area (Å²) < 4.78 is 1.26. The fourth-order valence-corrected chi connectivity index (χ4v) is 3.95. The molecule has 3 nitrogen and oxygen atoms in total. The van der Waals surface area contributed by atoms with Gasteiger partial charge in [0, 0.05) is 23.2 Å². The highest BCUT2D eigenvalue weighted by molar-refractivity contribution is 7.17. The van der Waals surface area contributed by atoms with Crippen molar-refractivity contribution in [1.82, 2.24) is 10.6 Å². The molecule has 1 aromatic heterocycles. The van der Waals surface area contributed by atoms with Gasteiger partial charge in [-0.15, -0.1) is 11.3 Å². The van der Waals surface area contributed by atoms with Crippen LogP contribution in [0.1, 0.15) is 23.5 Å². The highest BCUT2D eigenvalue weighted by atomic mass is 32.1. The summed E-state index contributed by atoms with van der Waals surface area (Å²) in [6, 6.07) is 18.8. The topological polar surface area (TPSA) is 41.1 Å². The van der Waals surface area contributed by atoms with Crippen LogP contribution in [0.5, 0.6) is 0 Å². The van der Waals surface area contributed by atoms with Crippen molar-refractivity contribution in [3.63, 3.8) is 0 Å². The molecule has 4 rings (SSSR count). The minimum absolute atomic E-state index is 0.0799. The minimum atomic E-state index is -0.0799. The molecule has 1 aliphatic rings. The Morgan fingerprint density at radius 3 is 2.74 bits per heavy atom. The smallest absolute Gasteiger partial charge is 0.315 e. The quantitative estimate of drug-likeness (QED) is 0.740. The molecule has 3 aromatic rings. The highest BCUT2D eigenvalue weighted by Crippen LogP contribution is 2.40. The first-order valence-corrected chi connectivity index (χ1v) is 8.73. The molecule has 1 heterocycles. The summed E-state index contributed by atoms with van der Waals surface area (Å²) in [5, 5.41) is 9.39. The van der Waals surface area contributed by atoms with Gasteiger partial charge < -0.3 is 10.6 Å². The second-order valence-corrected chi connectivity index (χ2v) is 6.85. The number of nitrogens with one attached hydrogen (secondary N) is 2. The van der Waals surface area contributed by atoms with Gasteiger partial charge in [-0.1, -0.05) is 48.5 Å². The number of fused-ring (bicyclic) bond motifs is 1. The lowest BCUT2D eigenvalue weighted by Crippen LogP contribution is -2.36. The van der Waals surface area contributed by atoms with Gasteiger partial charge in [-0.3, -0.25) is 0 Å². The standard InChI is InChI=1S/C19H18N2OS/c22-19(21-17-10-16(17)13-6-2-1-3-7-13)20-11-14-12-23-18-9-5-4-8-15(14)18/h1-9,12,16-17H,10-11H2,(H2,20,21,22)/t16-,17-/m0/s1. The third kappa shape index (κ3) is 3.08. The van der Waals surface area contributed by atoms with Crippen LogP contribution in [-0.2, 0) is 6.54 Å². The van der Waals surface area contributed by atoms with E-state index in [1.54, 1.807) is 11.3 Å². The molecule has 1 fully saturated rings. The van der Waals surface area contributed by atoms with Gasteiger partial charge in [0.25, 0.3) is 0 Å². The first-order valence-electron chi connectivity index (χ1n) is 7.85. The maximum absolute atomic E-state index is 12.1. The maximum Gasteiger partial charge on any atom is 0.315 e. The molecule has 0 radical (unpaired) electrons. The molecular formula is C19H18N2OS. The summed E-state index contributed by atoms with van der Waals surface area (Å²) in [4.78, 5) is 12.1. The van der Waals surface area contributed by atoms with Crippen LogP contribution < -0.4 is 10.6 Å². The van der Waals surface area contributed by atoms with E-state index >= 15 is 0 Å². The molecule has 0 bridgehead atoms. The number of benzene rings is 2. The maximum atomic E-state index is 12.1. The molecule has 116 valence electrons. The molecule has 4 heteroatoms. The fraction of sp³-hybridized carbons (Fsp3) is 0.211. The van der Waals surface area contributed by atoms with Crippen molar-refractivity contribution in [2.45, 2.75) is 24.9 Å². The van der Waals surface area contributed by atoms with Crippen molar-refractivity contribution in [2.75, 3.05) is 0 Å². The largest absolute Gasteiger partial charge is 0.335 e. The monoisotopic (exact) mass is 322 g/mol. The van der Waals surface area contributed by atoms with Gasteiger partial charge in [-0.2, -0.15) is 0 Å². The second-order valence-electron chi connectivity index (χ2n) is 5.94. The van der Waals surface area contributed by atoms with E-state index in [0.29, 0.717) is 12.5 Å². The fourth-order valence-electron chi connectivity index (χ4n) is 2.99. The first kappa shape index (κ1) is 14.3. The second kappa shape index (κ2) is 6.05. The van der Waals surface area contributed by atoms with Crippen LogP contribution in [0.25, 0.3) is 10.1 Å². The number of rotatable bonds is 4. The zero-order valence-corrected chi connectivity index (χ0v) is 13.5. The van der Waals surface area contributed by atoms with Crippen molar-refractivity contribution in [3.05, 3.63) is 71.1 Å². The van der Waals surface area contributed by atoms with Gasteiger partial charge in [0.1, 0.15) is 0 Å². The Morgan fingerprint density at radius 1 is 1.09 bits per heavy atom. The molecule has 2 N–H and O–H groups in total. The lowest BCUT2D eigenvalue weighted by Gasteiger charge is -2.07. The molecule has 0 unspecified atom stereocenters. The van der Waals surface area contributed by atoms with E-state index in [1.165, 1.54) is 21.2 Å². The van der Waals surface area contributed by atoms with Crippen LogP contribution in [0.3, 0.4) is 0 Å². The molecule has 0 saturated heterocycles. The minimum Gasteiger partial charge on any atom is -0.335 e. The van der Waals surface area contributed by atoms with Gasteiger partial charge in [0.15, 0.2) is 0 Å². The van der Waals surface area contributed by atoms with E-state index in [2.05, 4.69) is 40.3 Å². The van der Waals surface area contributed by atoms with Gasteiger partial charge in [0.2, 0.25) is 0 Å².